The first-order valence-corrected chi connectivity index (χ1v) is 8.35. The molecule has 0 bridgehead atoms. The summed E-state index contributed by atoms with van der Waals surface area (Å²) in [5.41, 5.74) is 1.30. The van der Waals surface area contributed by atoms with Gasteiger partial charge >= 0.3 is 0 Å². The van der Waals surface area contributed by atoms with Crippen molar-refractivity contribution in [1.82, 2.24) is 5.32 Å². The molecule has 1 aromatic carbocycles. The van der Waals surface area contributed by atoms with E-state index in [9.17, 15) is 0 Å². The molecule has 3 rings (SSSR count). The Labute approximate surface area is 129 Å². The minimum absolute atomic E-state index is 0.389. The highest BCUT2D eigenvalue weighted by molar-refractivity contribution is 9.10. The average molecular weight is 340 g/mol. The van der Waals surface area contributed by atoms with Gasteiger partial charge in [0.1, 0.15) is 13.2 Å². The molecule has 4 heteroatoms. The van der Waals surface area contributed by atoms with Crippen LogP contribution in [-0.4, -0.2) is 20.3 Å². The Bertz CT molecular complexity index is 472. The summed E-state index contributed by atoms with van der Waals surface area (Å²) in [5.74, 6) is 2.45. The van der Waals surface area contributed by atoms with Gasteiger partial charge in [0.25, 0.3) is 0 Å². The van der Waals surface area contributed by atoms with Crippen LogP contribution in [0.15, 0.2) is 16.6 Å². The van der Waals surface area contributed by atoms with Gasteiger partial charge in [-0.1, -0.05) is 35.2 Å². The van der Waals surface area contributed by atoms with Crippen LogP contribution in [0.2, 0.25) is 0 Å². The van der Waals surface area contributed by atoms with Crippen molar-refractivity contribution in [2.45, 2.75) is 38.1 Å². The van der Waals surface area contributed by atoms with Crippen molar-refractivity contribution >= 4 is 15.9 Å². The van der Waals surface area contributed by atoms with E-state index in [0.717, 1.165) is 16.0 Å². The highest BCUT2D eigenvalue weighted by Crippen LogP contribution is 2.42. The van der Waals surface area contributed by atoms with Crippen LogP contribution in [0.4, 0.5) is 0 Å². The third-order valence-electron chi connectivity index (χ3n) is 4.43. The van der Waals surface area contributed by atoms with E-state index in [2.05, 4.69) is 40.4 Å². The van der Waals surface area contributed by atoms with Crippen LogP contribution in [0.5, 0.6) is 11.5 Å². The lowest BCUT2D eigenvalue weighted by Crippen LogP contribution is -2.27. The summed E-state index contributed by atoms with van der Waals surface area (Å²) in [6.07, 6.45) is 6.71. The molecular formula is C16H22BrNO2. The zero-order valence-corrected chi connectivity index (χ0v) is 13.5. The summed E-state index contributed by atoms with van der Waals surface area (Å²) in [4.78, 5) is 0. The Kier molecular flexibility index (Phi) is 4.51. The number of nitrogens with one attached hydrogen (secondary N) is 1. The Morgan fingerprint density at radius 3 is 2.40 bits per heavy atom. The molecule has 0 spiro atoms. The van der Waals surface area contributed by atoms with E-state index in [1.807, 2.05) is 0 Å². The molecule has 1 aromatic rings. The van der Waals surface area contributed by atoms with Crippen LogP contribution >= 0.6 is 15.9 Å². The van der Waals surface area contributed by atoms with Crippen LogP contribution in [0.3, 0.4) is 0 Å². The Hall–Kier alpha value is -0.740. The van der Waals surface area contributed by atoms with Gasteiger partial charge in [-0.3, -0.25) is 0 Å². The third-order valence-corrected chi connectivity index (χ3v) is 5.12. The molecule has 1 heterocycles. The lowest BCUT2D eigenvalue weighted by molar-refractivity contribution is 0.170. The molecule has 1 N–H and O–H groups in total. The number of halogens is 1. The molecule has 0 amide bonds. The highest BCUT2D eigenvalue weighted by Gasteiger charge is 2.27. The van der Waals surface area contributed by atoms with Gasteiger partial charge in [0.05, 0.1) is 0 Å². The van der Waals surface area contributed by atoms with Gasteiger partial charge in [-0.05, 0) is 43.5 Å². The van der Waals surface area contributed by atoms with Crippen molar-refractivity contribution in [3.05, 3.63) is 22.2 Å². The Morgan fingerprint density at radius 1 is 1.10 bits per heavy atom. The maximum Gasteiger partial charge on any atom is 0.162 e. The van der Waals surface area contributed by atoms with Crippen molar-refractivity contribution in [1.29, 1.82) is 0 Å². The van der Waals surface area contributed by atoms with E-state index in [-0.39, 0.29) is 0 Å². The summed E-state index contributed by atoms with van der Waals surface area (Å²) >= 11 is 3.71. The molecule has 1 unspecified atom stereocenters. The smallest absolute Gasteiger partial charge is 0.162 e. The molecule has 2 aliphatic rings. The van der Waals surface area contributed by atoms with Crippen LogP contribution in [0.25, 0.3) is 0 Å². The van der Waals surface area contributed by atoms with Crippen molar-refractivity contribution in [2.24, 2.45) is 5.92 Å². The van der Waals surface area contributed by atoms with E-state index in [0.29, 0.717) is 25.2 Å². The molecule has 3 nitrogen and oxygen atoms in total. The van der Waals surface area contributed by atoms with E-state index >= 15 is 0 Å². The van der Waals surface area contributed by atoms with E-state index in [1.165, 1.54) is 37.7 Å². The van der Waals surface area contributed by atoms with Crippen LogP contribution in [0, 0.1) is 5.92 Å². The van der Waals surface area contributed by atoms with Crippen LogP contribution in [0.1, 0.15) is 43.7 Å². The molecule has 0 saturated heterocycles. The van der Waals surface area contributed by atoms with Gasteiger partial charge in [0.15, 0.2) is 11.5 Å². The summed E-state index contributed by atoms with van der Waals surface area (Å²) < 4.78 is 12.5. The predicted octanol–water partition coefficient (Wildman–Crippen LogP) is 4.06. The molecule has 1 aliphatic heterocycles. The number of hydrogen-bond acceptors (Lipinski definition) is 3. The standard InChI is InChI=1S/C16H22BrNO2/c1-18-16(11-5-3-2-4-6-11)12-9-14-15(10-13(12)17)20-8-7-19-14/h9-11,16,18H,2-8H2,1H3. The Balaban J connectivity index is 1.90. The average Bonchev–Trinajstić information content (AvgIpc) is 2.49. The summed E-state index contributed by atoms with van der Waals surface area (Å²) in [7, 11) is 2.06. The predicted molar refractivity (Wildman–Crippen MR) is 83.5 cm³/mol. The minimum atomic E-state index is 0.389. The molecule has 1 aliphatic carbocycles. The molecular weight excluding hydrogens is 318 g/mol. The fourth-order valence-electron chi connectivity index (χ4n) is 3.43. The SMILES string of the molecule is CNC(c1cc2c(cc1Br)OCCO2)C1CCCCC1. The minimum Gasteiger partial charge on any atom is -0.486 e. The second kappa shape index (κ2) is 6.35. The Morgan fingerprint density at radius 2 is 1.75 bits per heavy atom. The first kappa shape index (κ1) is 14.2. The fraction of sp³-hybridized carbons (Fsp3) is 0.625. The van der Waals surface area contributed by atoms with Gasteiger partial charge in [-0.25, -0.2) is 0 Å². The molecule has 1 saturated carbocycles. The first-order valence-electron chi connectivity index (χ1n) is 7.56. The second-order valence-electron chi connectivity index (χ2n) is 5.68. The number of ether oxygens (including phenoxy) is 2. The zero-order valence-electron chi connectivity index (χ0n) is 12.0. The number of fused-ring (bicyclic) bond motifs is 1. The monoisotopic (exact) mass is 339 g/mol. The van der Waals surface area contributed by atoms with Crippen LogP contribution < -0.4 is 14.8 Å². The lowest BCUT2D eigenvalue weighted by atomic mass is 9.81. The quantitative estimate of drug-likeness (QED) is 0.900. The maximum atomic E-state index is 5.73. The number of hydrogen-bond donors (Lipinski definition) is 1. The summed E-state index contributed by atoms with van der Waals surface area (Å²) in [6.45, 7) is 1.28. The molecule has 0 radical (unpaired) electrons. The molecule has 1 fully saturated rings. The molecule has 0 aromatic heterocycles. The van der Waals surface area contributed by atoms with Crippen molar-refractivity contribution in [3.63, 3.8) is 0 Å². The highest BCUT2D eigenvalue weighted by atomic mass is 79.9. The molecule has 20 heavy (non-hydrogen) atoms. The van der Waals surface area contributed by atoms with Crippen molar-refractivity contribution in [3.8, 4) is 11.5 Å². The van der Waals surface area contributed by atoms with E-state index in [4.69, 9.17) is 9.47 Å². The van der Waals surface area contributed by atoms with Gasteiger partial charge < -0.3 is 14.8 Å². The third kappa shape index (κ3) is 2.82. The summed E-state index contributed by atoms with van der Waals surface area (Å²) in [5, 5.41) is 3.51. The van der Waals surface area contributed by atoms with Gasteiger partial charge in [0.2, 0.25) is 0 Å². The first-order chi connectivity index (χ1) is 9.79. The summed E-state index contributed by atoms with van der Waals surface area (Å²) in [6, 6.07) is 4.59. The van der Waals surface area contributed by atoms with Gasteiger partial charge in [-0.2, -0.15) is 0 Å². The van der Waals surface area contributed by atoms with Gasteiger partial charge in [-0.15, -0.1) is 0 Å². The fourth-order valence-corrected chi connectivity index (χ4v) is 4.00. The zero-order chi connectivity index (χ0) is 13.9. The topological polar surface area (TPSA) is 30.5 Å². The normalized spacial score (nSPS) is 20.7. The lowest BCUT2D eigenvalue weighted by Gasteiger charge is -2.32. The molecule has 110 valence electrons. The number of rotatable bonds is 3. The van der Waals surface area contributed by atoms with E-state index in [1.54, 1.807) is 0 Å². The molecule has 1 atom stereocenters. The van der Waals surface area contributed by atoms with Crippen LogP contribution in [-0.2, 0) is 0 Å². The maximum absolute atomic E-state index is 5.73. The van der Waals surface area contributed by atoms with Gasteiger partial charge in [0, 0.05) is 10.5 Å². The van der Waals surface area contributed by atoms with Crippen molar-refractivity contribution < 1.29 is 9.47 Å². The van der Waals surface area contributed by atoms with E-state index < -0.39 is 0 Å². The number of benzene rings is 1. The second-order valence-corrected chi connectivity index (χ2v) is 6.54. The van der Waals surface area contributed by atoms with Crippen molar-refractivity contribution in [2.75, 3.05) is 20.3 Å². The largest absolute Gasteiger partial charge is 0.486 e.